The summed E-state index contributed by atoms with van der Waals surface area (Å²) in [5, 5.41) is 24.5. The number of furan rings is 1. The van der Waals surface area contributed by atoms with Crippen molar-refractivity contribution >= 4 is 28.4 Å². The lowest BCUT2D eigenvalue weighted by Crippen LogP contribution is -2.32. The summed E-state index contributed by atoms with van der Waals surface area (Å²) < 4.78 is 20.8. The van der Waals surface area contributed by atoms with Crippen molar-refractivity contribution in [3.05, 3.63) is 57.8 Å². The van der Waals surface area contributed by atoms with Gasteiger partial charge >= 0.3 is 0 Å². The number of pyridine rings is 1. The number of anilines is 2. The van der Waals surface area contributed by atoms with Crippen LogP contribution in [0.4, 0.5) is 15.9 Å². The largest absolute Gasteiger partial charge is 0.464 e. The van der Waals surface area contributed by atoms with Gasteiger partial charge < -0.3 is 25.3 Å². The third-order valence-corrected chi connectivity index (χ3v) is 4.13. The number of aromatic nitrogens is 1. The van der Waals surface area contributed by atoms with Gasteiger partial charge in [0.2, 0.25) is 5.91 Å². The van der Waals surface area contributed by atoms with Gasteiger partial charge in [0.15, 0.2) is 11.8 Å². The van der Waals surface area contributed by atoms with Gasteiger partial charge in [0.05, 0.1) is 22.9 Å². The van der Waals surface area contributed by atoms with Gasteiger partial charge in [0.1, 0.15) is 18.2 Å². The monoisotopic (exact) mass is 375 g/mol. The van der Waals surface area contributed by atoms with Gasteiger partial charge in [-0.1, -0.05) is 6.07 Å². The van der Waals surface area contributed by atoms with E-state index in [2.05, 4.69) is 10.6 Å². The van der Waals surface area contributed by atoms with Crippen LogP contribution in [0.1, 0.15) is 17.4 Å². The summed E-state index contributed by atoms with van der Waals surface area (Å²) in [5.41, 5.74) is 0.420. The Bertz CT molecular complexity index is 1070. The molecule has 2 heterocycles. The van der Waals surface area contributed by atoms with Crippen molar-refractivity contribution in [1.29, 1.82) is 0 Å². The van der Waals surface area contributed by atoms with E-state index in [1.54, 1.807) is 13.0 Å². The zero-order valence-corrected chi connectivity index (χ0v) is 14.6. The summed E-state index contributed by atoms with van der Waals surface area (Å²) in [6.45, 7) is 0.899. The molecular formula is C18H18FN3O5. The van der Waals surface area contributed by atoms with Crippen LogP contribution in [0.5, 0.6) is 0 Å². The molecule has 0 aliphatic rings. The maximum Gasteiger partial charge on any atom is 0.263 e. The Kier molecular flexibility index (Phi) is 4.98. The van der Waals surface area contributed by atoms with E-state index in [0.29, 0.717) is 5.56 Å². The number of aryl methyl sites for hydroxylation is 1. The number of nitrogens with one attached hydrogen (secondary N) is 2. The van der Waals surface area contributed by atoms with Gasteiger partial charge in [-0.25, -0.2) is 4.39 Å². The van der Waals surface area contributed by atoms with Crippen molar-refractivity contribution < 1.29 is 23.8 Å². The molecule has 1 aromatic carbocycles. The summed E-state index contributed by atoms with van der Waals surface area (Å²) >= 11 is 0. The summed E-state index contributed by atoms with van der Waals surface area (Å²) in [6.07, 6.45) is -0.340. The number of hydrogen-bond donors (Lipinski definition) is 4. The predicted octanol–water partition coefficient (Wildman–Crippen LogP) is 1.42. The first-order valence-corrected chi connectivity index (χ1v) is 8.05. The van der Waals surface area contributed by atoms with Crippen LogP contribution in [0.15, 0.2) is 39.7 Å². The Morgan fingerprint density at radius 1 is 1.37 bits per heavy atom. The first-order chi connectivity index (χ1) is 12.8. The molecule has 0 spiro atoms. The summed E-state index contributed by atoms with van der Waals surface area (Å²) in [5.74, 6) is -1.35. The second-order valence-corrected chi connectivity index (χ2v) is 6.03. The van der Waals surface area contributed by atoms with Gasteiger partial charge in [-0.3, -0.25) is 14.2 Å². The highest BCUT2D eigenvalue weighted by molar-refractivity contribution is 5.86. The van der Waals surface area contributed by atoms with Crippen LogP contribution in [-0.4, -0.2) is 27.3 Å². The minimum absolute atomic E-state index is 0.0267. The maximum absolute atomic E-state index is 14.3. The molecule has 0 fully saturated rings. The van der Waals surface area contributed by atoms with E-state index < -0.39 is 30.1 Å². The molecule has 8 nitrogen and oxygen atoms in total. The standard InChI is InChI=1S/C18H18FN3O5/c1-9-3-4-12(11(19)7-9)20-16-14(17(25)21-13(24)8-23)15-10(5-6-27-15)18(26)22(16)2/h3-7,17,20,23,25H,8H2,1-2H3,(H,21,24). The van der Waals surface area contributed by atoms with Gasteiger partial charge in [0.25, 0.3) is 5.56 Å². The zero-order chi connectivity index (χ0) is 19.7. The lowest BCUT2D eigenvalue weighted by atomic mass is 10.1. The number of nitrogens with zero attached hydrogens (tertiary/aromatic N) is 1. The van der Waals surface area contributed by atoms with E-state index in [1.165, 1.54) is 36.1 Å². The predicted molar refractivity (Wildman–Crippen MR) is 96.1 cm³/mol. The molecule has 0 radical (unpaired) electrons. The molecule has 0 bridgehead atoms. The number of fused-ring (bicyclic) bond motifs is 1. The second kappa shape index (κ2) is 7.22. The molecule has 4 N–H and O–H groups in total. The number of rotatable bonds is 5. The summed E-state index contributed by atoms with van der Waals surface area (Å²) in [6, 6.07) is 5.91. The lowest BCUT2D eigenvalue weighted by Gasteiger charge is -2.21. The van der Waals surface area contributed by atoms with Gasteiger partial charge in [-0.05, 0) is 30.7 Å². The molecule has 0 aliphatic carbocycles. The quantitative estimate of drug-likeness (QED) is 0.501. The topological polar surface area (TPSA) is 117 Å². The zero-order valence-electron chi connectivity index (χ0n) is 14.6. The van der Waals surface area contributed by atoms with Crippen molar-refractivity contribution in [1.82, 2.24) is 9.88 Å². The number of aliphatic hydroxyl groups excluding tert-OH is 2. The van der Waals surface area contributed by atoms with Crippen LogP contribution < -0.4 is 16.2 Å². The average molecular weight is 375 g/mol. The number of hydrogen-bond acceptors (Lipinski definition) is 6. The number of aliphatic hydroxyl groups is 2. The van der Waals surface area contributed by atoms with Gasteiger partial charge in [-0.2, -0.15) is 0 Å². The van der Waals surface area contributed by atoms with Crippen molar-refractivity contribution in [2.45, 2.75) is 13.2 Å². The van der Waals surface area contributed by atoms with E-state index in [-0.39, 0.29) is 28.0 Å². The Morgan fingerprint density at radius 3 is 2.78 bits per heavy atom. The molecule has 0 saturated carbocycles. The van der Waals surface area contributed by atoms with E-state index >= 15 is 0 Å². The summed E-state index contributed by atoms with van der Waals surface area (Å²) in [4.78, 5) is 24.0. The molecule has 3 rings (SSSR count). The van der Waals surface area contributed by atoms with Gasteiger partial charge in [-0.15, -0.1) is 0 Å². The van der Waals surface area contributed by atoms with Crippen molar-refractivity contribution in [2.24, 2.45) is 7.05 Å². The molecule has 27 heavy (non-hydrogen) atoms. The number of amides is 1. The molecule has 2 aromatic heterocycles. The molecule has 0 aliphatic heterocycles. The third-order valence-electron chi connectivity index (χ3n) is 4.13. The third kappa shape index (κ3) is 3.42. The molecule has 1 unspecified atom stereocenters. The number of carbonyl (C=O) groups is 1. The minimum Gasteiger partial charge on any atom is -0.464 e. The van der Waals surface area contributed by atoms with Crippen LogP contribution in [0.3, 0.4) is 0 Å². The fourth-order valence-corrected chi connectivity index (χ4v) is 2.78. The molecule has 1 atom stereocenters. The molecule has 0 saturated heterocycles. The van der Waals surface area contributed by atoms with Crippen LogP contribution in [-0.2, 0) is 11.8 Å². The second-order valence-electron chi connectivity index (χ2n) is 6.03. The molecule has 3 aromatic rings. The first kappa shape index (κ1) is 18.6. The van der Waals surface area contributed by atoms with E-state index in [4.69, 9.17) is 9.52 Å². The Hall–Kier alpha value is -3.17. The van der Waals surface area contributed by atoms with E-state index in [1.807, 2.05) is 0 Å². The number of carbonyl (C=O) groups excluding carboxylic acids is 1. The van der Waals surface area contributed by atoms with Gasteiger partial charge in [0, 0.05) is 7.05 Å². The SMILES string of the molecule is Cc1ccc(Nc2c(C(O)NC(=O)CO)c3occc3c(=O)n2C)c(F)c1. The first-order valence-electron chi connectivity index (χ1n) is 8.05. The fourth-order valence-electron chi connectivity index (χ4n) is 2.78. The van der Waals surface area contributed by atoms with E-state index in [0.717, 1.165) is 0 Å². The Labute approximate surface area is 152 Å². The number of benzene rings is 1. The minimum atomic E-state index is -1.61. The Balaban J connectivity index is 2.20. The molecule has 9 heteroatoms. The molecule has 142 valence electrons. The fraction of sp³-hybridized carbons (Fsp3) is 0.222. The van der Waals surface area contributed by atoms with E-state index in [9.17, 15) is 19.1 Å². The highest BCUT2D eigenvalue weighted by Gasteiger charge is 2.25. The normalized spacial score (nSPS) is 12.2. The molecule has 1 amide bonds. The lowest BCUT2D eigenvalue weighted by molar-refractivity contribution is -0.126. The van der Waals surface area contributed by atoms with Crippen LogP contribution in [0.2, 0.25) is 0 Å². The molecular weight excluding hydrogens is 357 g/mol. The van der Waals surface area contributed by atoms with Crippen molar-refractivity contribution in [2.75, 3.05) is 11.9 Å². The van der Waals surface area contributed by atoms with Crippen molar-refractivity contribution in [3.63, 3.8) is 0 Å². The summed E-state index contributed by atoms with van der Waals surface area (Å²) in [7, 11) is 1.44. The highest BCUT2D eigenvalue weighted by atomic mass is 19.1. The van der Waals surface area contributed by atoms with Crippen LogP contribution in [0, 0.1) is 12.7 Å². The maximum atomic E-state index is 14.3. The van der Waals surface area contributed by atoms with Crippen LogP contribution >= 0.6 is 0 Å². The number of halogens is 1. The Morgan fingerprint density at radius 2 is 2.11 bits per heavy atom. The van der Waals surface area contributed by atoms with Crippen molar-refractivity contribution in [3.8, 4) is 0 Å². The average Bonchev–Trinajstić information content (AvgIpc) is 3.10. The highest BCUT2D eigenvalue weighted by Crippen LogP contribution is 2.31. The van der Waals surface area contributed by atoms with Crippen LogP contribution in [0.25, 0.3) is 11.0 Å². The smallest absolute Gasteiger partial charge is 0.263 e.